The van der Waals surface area contributed by atoms with Crippen LogP contribution in [0.1, 0.15) is 25.3 Å². The molecule has 1 unspecified atom stereocenters. The maximum absolute atomic E-state index is 11.6. The summed E-state index contributed by atoms with van der Waals surface area (Å²) in [7, 11) is 0. The van der Waals surface area contributed by atoms with E-state index in [0.717, 1.165) is 6.42 Å². The summed E-state index contributed by atoms with van der Waals surface area (Å²) in [6.07, 6.45) is 1.27. The van der Waals surface area contributed by atoms with Crippen molar-refractivity contribution in [3.05, 3.63) is 29.8 Å². The average Bonchev–Trinajstić information content (AvgIpc) is 2.44. The quantitative estimate of drug-likeness (QED) is 0.740. The Labute approximate surface area is 117 Å². The Bertz CT molecular complexity index is 505. The van der Waals surface area contributed by atoms with Gasteiger partial charge >= 0.3 is 12.0 Å². The topological polar surface area (TPSA) is 102 Å². The van der Waals surface area contributed by atoms with Gasteiger partial charge in [-0.1, -0.05) is 13.3 Å². The van der Waals surface area contributed by atoms with E-state index in [2.05, 4.69) is 10.6 Å². The molecular formula is C14H17N3O3. The highest BCUT2D eigenvalue weighted by Crippen LogP contribution is 2.09. The zero-order valence-electron chi connectivity index (χ0n) is 11.2. The fourth-order valence-corrected chi connectivity index (χ4v) is 1.68. The molecule has 1 aromatic rings. The number of hydrogen-bond donors (Lipinski definition) is 3. The van der Waals surface area contributed by atoms with Crippen LogP contribution in [0.15, 0.2) is 24.3 Å². The van der Waals surface area contributed by atoms with Crippen LogP contribution in [-0.2, 0) is 4.79 Å². The molecule has 6 heteroatoms. The zero-order valence-corrected chi connectivity index (χ0v) is 11.2. The van der Waals surface area contributed by atoms with Crippen LogP contribution in [0.4, 0.5) is 10.5 Å². The lowest BCUT2D eigenvalue weighted by Gasteiger charge is -2.13. The molecule has 3 N–H and O–H groups in total. The SMILES string of the molecule is CCCC(CNC(=O)Nc1ccc(C#N)cc1)C(=O)O. The van der Waals surface area contributed by atoms with Crippen LogP contribution in [0.25, 0.3) is 0 Å². The molecule has 0 spiro atoms. The molecule has 0 aliphatic heterocycles. The van der Waals surface area contributed by atoms with Gasteiger partial charge in [0.1, 0.15) is 0 Å². The van der Waals surface area contributed by atoms with Crippen molar-refractivity contribution in [2.75, 3.05) is 11.9 Å². The van der Waals surface area contributed by atoms with E-state index < -0.39 is 17.9 Å². The van der Waals surface area contributed by atoms with E-state index in [4.69, 9.17) is 10.4 Å². The van der Waals surface area contributed by atoms with Crippen LogP contribution >= 0.6 is 0 Å². The Morgan fingerprint density at radius 3 is 2.50 bits per heavy atom. The van der Waals surface area contributed by atoms with Gasteiger partial charge in [-0.05, 0) is 30.7 Å². The van der Waals surface area contributed by atoms with Crippen molar-refractivity contribution < 1.29 is 14.7 Å². The van der Waals surface area contributed by atoms with Gasteiger partial charge in [-0.15, -0.1) is 0 Å². The summed E-state index contributed by atoms with van der Waals surface area (Å²) < 4.78 is 0. The van der Waals surface area contributed by atoms with Gasteiger partial charge in [0.2, 0.25) is 0 Å². The molecule has 0 saturated heterocycles. The number of carbonyl (C=O) groups is 2. The lowest BCUT2D eigenvalue weighted by molar-refractivity contribution is -0.141. The second-order valence-corrected chi connectivity index (χ2v) is 4.35. The molecule has 0 aromatic heterocycles. The van der Waals surface area contributed by atoms with Gasteiger partial charge < -0.3 is 15.7 Å². The van der Waals surface area contributed by atoms with Crippen molar-refractivity contribution in [3.8, 4) is 6.07 Å². The summed E-state index contributed by atoms with van der Waals surface area (Å²) in [4.78, 5) is 22.5. The molecule has 1 rings (SSSR count). The van der Waals surface area contributed by atoms with Crippen molar-refractivity contribution in [1.82, 2.24) is 5.32 Å². The summed E-state index contributed by atoms with van der Waals surface area (Å²) in [5.41, 5.74) is 1.05. The third-order valence-electron chi connectivity index (χ3n) is 2.77. The smallest absolute Gasteiger partial charge is 0.319 e. The standard InChI is InChI=1S/C14H17N3O3/c1-2-3-11(13(18)19)9-16-14(20)17-12-6-4-10(8-15)5-7-12/h4-7,11H,2-3,9H2,1H3,(H,18,19)(H2,16,17,20). The third-order valence-corrected chi connectivity index (χ3v) is 2.77. The Hall–Kier alpha value is -2.55. The summed E-state index contributed by atoms with van der Waals surface area (Å²) >= 11 is 0. The van der Waals surface area contributed by atoms with E-state index in [0.29, 0.717) is 17.7 Å². The molecular weight excluding hydrogens is 258 g/mol. The summed E-state index contributed by atoms with van der Waals surface area (Å²) in [5, 5.41) is 22.7. The Morgan fingerprint density at radius 1 is 1.35 bits per heavy atom. The number of aliphatic carboxylic acids is 1. The van der Waals surface area contributed by atoms with E-state index in [1.54, 1.807) is 24.3 Å². The number of nitrogens with one attached hydrogen (secondary N) is 2. The van der Waals surface area contributed by atoms with Crippen LogP contribution < -0.4 is 10.6 Å². The predicted octanol–water partition coefficient (Wildman–Crippen LogP) is 2.18. The number of benzene rings is 1. The monoisotopic (exact) mass is 275 g/mol. The number of anilines is 1. The highest BCUT2D eigenvalue weighted by molar-refractivity contribution is 5.89. The Balaban J connectivity index is 2.46. The average molecular weight is 275 g/mol. The van der Waals surface area contributed by atoms with Crippen molar-refractivity contribution in [1.29, 1.82) is 5.26 Å². The first-order valence-corrected chi connectivity index (χ1v) is 6.34. The number of carbonyl (C=O) groups excluding carboxylic acids is 1. The summed E-state index contributed by atoms with van der Waals surface area (Å²) in [6.45, 7) is 1.98. The molecule has 0 radical (unpaired) electrons. The van der Waals surface area contributed by atoms with E-state index in [1.807, 2.05) is 13.0 Å². The molecule has 1 atom stereocenters. The molecule has 0 aliphatic rings. The van der Waals surface area contributed by atoms with Gasteiger partial charge in [-0.25, -0.2) is 4.79 Å². The number of carboxylic acids is 1. The molecule has 6 nitrogen and oxygen atoms in total. The normalized spacial score (nSPS) is 11.2. The van der Waals surface area contributed by atoms with Crippen molar-refractivity contribution >= 4 is 17.7 Å². The minimum absolute atomic E-state index is 0.0886. The fraction of sp³-hybridized carbons (Fsp3) is 0.357. The van der Waals surface area contributed by atoms with Gasteiger partial charge in [0.05, 0.1) is 17.6 Å². The molecule has 20 heavy (non-hydrogen) atoms. The Morgan fingerprint density at radius 2 is 2.00 bits per heavy atom. The maximum atomic E-state index is 11.6. The highest BCUT2D eigenvalue weighted by atomic mass is 16.4. The lowest BCUT2D eigenvalue weighted by atomic mass is 10.0. The van der Waals surface area contributed by atoms with Crippen LogP contribution in [0, 0.1) is 17.2 Å². The lowest BCUT2D eigenvalue weighted by Crippen LogP contribution is -2.35. The van der Waals surface area contributed by atoms with Crippen LogP contribution in [0.3, 0.4) is 0 Å². The van der Waals surface area contributed by atoms with Crippen molar-refractivity contribution in [2.24, 2.45) is 5.92 Å². The minimum Gasteiger partial charge on any atom is -0.481 e. The molecule has 106 valence electrons. The number of nitriles is 1. The second-order valence-electron chi connectivity index (χ2n) is 4.35. The van der Waals surface area contributed by atoms with Crippen LogP contribution in [-0.4, -0.2) is 23.7 Å². The second kappa shape index (κ2) is 7.79. The molecule has 1 aromatic carbocycles. The highest BCUT2D eigenvalue weighted by Gasteiger charge is 2.17. The van der Waals surface area contributed by atoms with Gasteiger partial charge in [0, 0.05) is 12.2 Å². The molecule has 0 bridgehead atoms. The van der Waals surface area contributed by atoms with Crippen molar-refractivity contribution in [2.45, 2.75) is 19.8 Å². The number of urea groups is 1. The molecule has 0 heterocycles. The Kier molecular flexibility index (Phi) is 6.04. The number of carboxylic acid groups (broad SMARTS) is 1. The largest absolute Gasteiger partial charge is 0.481 e. The predicted molar refractivity (Wildman–Crippen MR) is 74.2 cm³/mol. The number of rotatable bonds is 6. The fourth-order valence-electron chi connectivity index (χ4n) is 1.68. The first-order valence-electron chi connectivity index (χ1n) is 6.34. The first-order chi connectivity index (χ1) is 9.56. The van der Waals surface area contributed by atoms with Gasteiger partial charge in [-0.3, -0.25) is 4.79 Å². The third kappa shape index (κ3) is 4.98. The van der Waals surface area contributed by atoms with Crippen molar-refractivity contribution in [3.63, 3.8) is 0 Å². The number of amides is 2. The first kappa shape index (κ1) is 15.5. The van der Waals surface area contributed by atoms with E-state index in [9.17, 15) is 9.59 Å². The van der Waals surface area contributed by atoms with Gasteiger partial charge in [0.25, 0.3) is 0 Å². The maximum Gasteiger partial charge on any atom is 0.319 e. The van der Waals surface area contributed by atoms with Crippen LogP contribution in [0.5, 0.6) is 0 Å². The number of nitrogens with zero attached hydrogens (tertiary/aromatic N) is 1. The molecule has 0 aliphatic carbocycles. The van der Waals surface area contributed by atoms with E-state index >= 15 is 0 Å². The zero-order chi connectivity index (χ0) is 15.0. The van der Waals surface area contributed by atoms with E-state index in [1.165, 1.54) is 0 Å². The van der Waals surface area contributed by atoms with Gasteiger partial charge in [-0.2, -0.15) is 5.26 Å². The minimum atomic E-state index is -0.912. The van der Waals surface area contributed by atoms with E-state index in [-0.39, 0.29) is 6.54 Å². The van der Waals surface area contributed by atoms with Gasteiger partial charge in [0.15, 0.2) is 0 Å². The molecule has 0 saturated carbocycles. The van der Waals surface area contributed by atoms with Crippen LogP contribution in [0.2, 0.25) is 0 Å². The molecule has 2 amide bonds. The number of hydrogen-bond acceptors (Lipinski definition) is 3. The summed E-state index contributed by atoms with van der Waals surface area (Å²) in [5.74, 6) is -1.49. The molecule has 0 fully saturated rings. The summed E-state index contributed by atoms with van der Waals surface area (Å²) in [6, 6.07) is 7.92.